The van der Waals surface area contributed by atoms with Gasteiger partial charge in [0.25, 0.3) is 0 Å². The lowest BCUT2D eigenvalue weighted by molar-refractivity contribution is 0.103. The number of halogens is 2. The molecule has 2 aromatic heterocycles. The van der Waals surface area contributed by atoms with Gasteiger partial charge in [-0.25, -0.2) is 0 Å². The summed E-state index contributed by atoms with van der Waals surface area (Å²) in [7, 11) is 0. The Kier molecular flexibility index (Phi) is 5.28. The third-order valence-corrected chi connectivity index (χ3v) is 4.72. The van der Waals surface area contributed by atoms with Crippen LogP contribution in [-0.2, 0) is 13.1 Å². The molecule has 0 saturated heterocycles. The van der Waals surface area contributed by atoms with E-state index in [0.29, 0.717) is 34.3 Å². The molecule has 0 aliphatic heterocycles. The number of carbonyl (C=O) groups is 1. The molecule has 5 nitrogen and oxygen atoms in total. The van der Waals surface area contributed by atoms with Gasteiger partial charge in [0.15, 0.2) is 5.78 Å². The van der Waals surface area contributed by atoms with E-state index in [4.69, 9.17) is 23.2 Å². The molecule has 0 amide bonds. The van der Waals surface area contributed by atoms with Crippen LogP contribution in [0.3, 0.4) is 0 Å². The lowest BCUT2D eigenvalue weighted by Crippen LogP contribution is -2.04. The maximum absolute atomic E-state index is 12.7. The zero-order chi connectivity index (χ0) is 19.5. The van der Waals surface area contributed by atoms with Crippen molar-refractivity contribution >= 4 is 29.0 Å². The number of nitrogens with zero attached hydrogens (tertiary/aromatic N) is 4. The molecule has 0 aliphatic rings. The van der Waals surface area contributed by atoms with E-state index < -0.39 is 0 Å². The molecule has 0 fully saturated rings. The highest BCUT2D eigenvalue weighted by Gasteiger charge is 2.09. The van der Waals surface area contributed by atoms with Gasteiger partial charge in [-0.2, -0.15) is 10.2 Å². The third-order valence-electron chi connectivity index (χ3n) is 4.32. The Hall–Kier alpha value is -2.89. The molecule has 28 heavy (non-hydrogen) atoms. The van der Waals surface area contributed by atoms with Gasteiger partial charge in [0.2, 0.25) is 0 Å². The zero-order valence-corrected chi connectivity index (χ0v) is 16.3. The van der Waals surface area contributed by atoms with Gasteiger partial charge in [0, 0.05) is 23.5 Å². The molecule has 0 atom stereocenters. The molecule has 0 unspecified atom stereocenters. The van der Waals surface area contributed by atoms with Gasteiger partial charge in [-0.05, 0) is 11.1 Å². The zero-order valence-electron chi connectivity index (χ0n) is 14.8. The summed E-state index contributed by atoms with van der Waals surface area (Å²) in [5, 5.41) is 9.53. The smallest absolute Gasteiger partial charge is 0.193 e. The summed E-state index contributed by atoms with van der Waals surface area (Å²) in [5.74, 6) is -0.0117. The molecule has 0 saturated carbocycles. The van der Waals surface area contributed by atoms with Crippen molar-refractivity contribution < 1.29 is 4.79 Å². The van der Waals surface area contributed by atoms with Crippen molar-refractivity contribution in [2.24, 2.45) is 0 Å². The van der Waals surface area contributed by atoms with E-state index in [2.05, 4.69) is 10.2 Å². The number of rotatable bonds is 6. The van der Waals surface area contributed by atoms with Crippen LogP contribution in [0.5, 0.6) is 0 Å². The van der Waals surface area contributed by atoms with E-state index in [-0.39, 0.29) is 5.78 Å². The van der Waals surface area contributed by atoms with Gasteiger partial charge in [0.1, 0.15) is 0 Å². The van der Waals surface area contributed by atoms with E-state index >= 15 is 0 Å². The fourth-order valence-corrected chi connectivity index (χ4v) is 3.23. The molecule has 4 rings (SSSR count). The lowest BCUT2D eigenvalue weighted by Gasteiger charge is -2.06. The Morgan fingerprint density at radius 3 is 1.43 bits per heavy atom. The van der Waals surface area contributed by atoms with Crippen molar-refractivity contribution in [1.82, 2.24) is 19.6 Å². The summed E-state index contributed by atoms with van der Waals surface area (Å²) in [5.41, 5.74) is 3.39. The van der Waals surface area contributed by atoms with E-state index in [1.807, 2.05) is 48.5 Å². The number of ketones is 1. The molecular weight excluding hydrogens is 395 g/mol. The normalized spacial score (nSPS) is 10.9. The molecule has 0 radical (unpaired) electrons. The minimum Gasteiger partial charge on any atom is -0.289 e. The first-order valence-electron chi connectivity index (χ1n) is 8.65. The van der Waals surface area contributed by atoms with Gasteiger partial charge in [-0.3, -0.25) is 14.2 Å². The van der Waals surface area contributed by atoms with E-state index in [9.17, 15) is 4.79 Å². The van der Waals surface area contributed by atoms with Crippen LogP contribution < -0.4 is 0 Å². The Labute approximate surface area is 172 Å². The molecule has 140 valence electrons. The molecule has 0 spiro atoms. The number of hydrogen-bond donors (Lipinski definition) is 0. The monoisotopic (exact) mass is 410 g/mol. The second kappa shape index (κ2) is 8.00. The quantitative estimate of drug-likeness (QED) is 0.432. The van der Waals surface area contributed by atoms with Gasteiger partial charge >= 0.3 is 0 Å². The van der Waals surface area contributed by atoms with Crippen molar-refractivity contribution in [2.45, 2.75) is 13.1 Å². The third kappa shape index (κ3) is 4.32. The van der Waals surface area contributed by atoms with Crippen molar-refractivity contribution in [3.05, 3.63) is 106 Å². The fraction of sp³-hybridized carbons (Fsp3) is 0.0952. The maximum atomic E-state index is 12.7. The summed E-state index contributed by atoms with van der Waals surface area (Å²) in [6.45, 7) is 1.21. The SMILES string of the molecule is O=C(c1ccc(Cn2cc(Cl)cn2)cc1)c1ccc(Cn2cc(Cl)cn2)cc1. The summed E-state index contributed by atoms with van der Waals surface area (Å²) in [6.07, 6.45) is 6.73. The first-order valence-corrected chi connectivity index (χ1v) is 9.41. The van der Waals surface area contributed by atoms with Crippen molar-refractivity contribution in [3.63, 3.8) is 0 Å². The van der Waals surface area contributed by atoms with Gasteiger partial charge in [-0.1, -0.05) is 71.7 Å². The second-order valence-electron chi connectivity index (χ2n) is 6.44. The van der Waals surface area contributed by atoms with E-state index in [1.165, 1.54) is 0 Å². The van der Waals surface area contributed by atoms with Gasteiger partial charge in [-0.15, -0.1) is 0 Å². The predicted molar refractivity (Wildman–Crippen MR) is 109 cm³/mol. The summed E-state index contributed by atoms with van der Waals surface area (Å²) < 4.78 is 3.51. The van der Waals surface area contributed by atoms with Gasteiger partial charge < -0.3 is 0 Å². The largest absolute Gasteiger partial charge is 0.289 e. The first-order chi connectivity index (χ1) is 13.6. The summed E-state index contributed by atoms with van der Waals surface area (Å²) in [6, 6.07) is 15.1. The summed E-state index contributed by atoms with van der Waals surface area (Å²) >= 11 is 11.8. The predicted octanol–water partition coefficient (Wildman–Crippen LogP) is 4.71. The minimum atomic E-state index is -0.0117. The topological polar surface area (TPSA) is 52.7 Å². The van der Waals surface area contributed by atoms with Crippen molar-refractivity contribution in [2.75, 3.05) is 0 Å². The van der Waals surface area contributed by atoms with Crippen LogP contribution in [0.15, 0.2) is 73.3 Å². The fourth-order valence-electron chi connectivity index (χ4n) is 2.91. The van der Waals surface area contributed by atoms with E-state index in [1.54, 1.807) is 34.2 Å². The highest BCUT2D eigenvalue weighted by atomic mass is 35.5. The van der Waals surface area contributed by atoms with Crippen LogP contribution in [0.4, 0.5) is 0 Å². The molecule has 0 aliphatic carbocycles. The van der Waals surface area contributed by atoms with Crippen LogP contribution >= 0.6 is 23.2 Å². The Morgan fingerprint density at radius 1 is 0.714 bits per heavy atom. The molecule has 2 aromatic carbocycles. The number of hydrogen-bond acceptors (Lipinski definition) is 3. The molecule has 0 bridgehead atoms. The lowest BCUT2D eigenvalue weighted by atomic mass is 10.0. The maximum Gasteiger partial charge on any atom is 0.193 e. The van der Waals surface area contributed by atoms with Crippen LogP contribution in [0.2, 0.25) is 10.0 Å². The molecule has 0 N–H and O–H groups in total. The van der Waals surface area contributed by atoms with Crippen molar-refractivity contribution in [1.29, 1.82) is 0 Å². The number of carbonyl (C=O) groups excluding carboxylic acids is 1. The molecule has 2 heterocycles. The molecule has 7 heteroatoms. The average molecular weight is 411 g/mol. The van der Waals surface area contributed by atoms with E-state index in [0.717, 1.165) is 11.1 Å². The average Bonchev–Trinajstić information content (AvgIpc) is 3.30. The first kappa shape index (κ1) is 18.5. The highest BCUT2D eigenvalue weighted by molar-refractivity contribution is 6.30. The van der Waals surface area contributed by atoms with Crippen LogP contribution in [0.25, 0.3) is 0 Å². The Morgan fingerprint density at radius 2 is 1.11 bits per heavy atom. The highest BCUT2D eigenvalue weighted by Crippen LogP contribution is 2.15. The second-order valence-corrected chi connectivity index (χ2v) is 7.31. The minimum absolute atomic E-state index is 0.0117. The standard InChI is InChI=1S/C21H16Cl2N4O/c22-19-9-24-26(13-19)11-15-1-5-17(6-2-15)21(28)18-7-3-16(4-8-18)12-27-14-20(23)10-25-27/h1-10,13-14H,11-12H2. The van der Waals surface area contributed by atoms with Gasteiger partial charge in [0.05, 0.1) is 35.5 Å². The number of benzene rings is 2. The number of aromatic nitrogens is 4. The summed E-state index contributed by atoms with van der Waals surface area (Å²) in [4.78, 5) is 12.7. The Bertz CT molecular complexity index is 1010. The van der Waals surface area contributed by atoms with Crippen LogP contribution in [0, 0.1) is 0 Å². The van der Waals surface area contributed by atoms with Crippen molar-refractivity contribution in [3.8, 4) is 0 Å². The van der Waals surface area contributed by atoms with Crippen LogP contribution in [-0.4, -0.2) is 25.3 Å². The molecule has 4 aromatic rings. The Balaban J connectivity index is 1.43. The molecular formula is C21H16Cl2N4O. The van der Waals surface area contributed by atoms with Crippen LogP contribution in [0.1, 0.15) is 27.0 Å².